The molecule has 1 aromatic heterocycles. The predicted molar refractivity (Wildman–Crippen MR) is 57.9 cm³/mol. The van der Waals surface area contributed by atoms with Crippen molar-refractivity contribution < 1.29 is 9.53 Å². The molecule has 0 saturated carbocycles. The van der Waals surface area contributed by atoms with E-state index >= 15 is 0 Å². The number of nitrogens with zero attached hydrogens (tertiary/aromatic N) is 1. The van der Waals surface area contributed by atoms with E-state index in [1.807, 2.05) is 6.92 Å². The van der Waals surface area contributed by atoms with Crippen LogP contribution in [0.5, 0.6) is 0 Å². The topological polar surface area (TPSA) is 39.2 Å². The van der Waals surface area contributed by atoms with E-state index in [2.05, 4.69) is 25.7 Å². The van der Waals surface area contributed by atoms with Gasteiger partial charge in [0.1, 0.15) is 5.15 Å². The number of aromatic nitrogens is 1. The number of pyridine rings is 1. The van der Waals surface area contributed by atoms with Gasteiger partial charge in [-0.25, -0.2) is 9.78 Å². The summed E-state index contributed by atoms with van der Waals surface area (Å²) < 4.78 is 4.64. The van der Waals surface area contributed by atoms with Gasteiger partial charge < -0.3 is 4.74 Å². The average Bonchev–Trinajstić information content (AvgIpc) is 2.15. The van der Waals surface area contributed by atoms with Crippen LogP contribution in [0.25, 0.3) is 0 Å². The SMILES string of the molecule is COC(=O)c1ccnc(Cl)c1C(C)Br. The van der Waals surface area contributed by atoms with Gasteiger partial charge in [0.2, 0.25) is 0 Å². The van der Waals surface area contributed by atoms with E-state index in [4.69, 9.17) is 11.6 Å². The number of carbonyl (C=O) groups is 1. The molecule has 0 spiro atoms. The second-order valence-corrected chi connectivity index (χ2v) is 4.40. The Bertz CT molecular complexity index is 355. The first-order valence-corrected chi connectivity index (χ1v) is 5.24. The molecule has 0 amide bonds. The average molecular weight is 279 g/mol. The molecule has 5 heteroatoms. The Kier molecular flexibility index (Phi) is 3.89. The summed E-state index contributed by atoms with van der Waals surface area (Å²) in [6, 6.07) is 1.59. The number of halogens is 2. The lowest BCUT2D eigenvalue weighted by molar-refractivity contribution is 0.0599. The fraction of sp³-hybridized carbons (Fsp3) is 0.333. The van der Waals surface area contributed by atoms with E-state index in [1.165, 1.54) is 13.3 Å². The van der Waals surface area contributed by atoms with Crippen LogP contribution in [-0.4, -0.2) is 18.1 Å². The van der Waals surface area contributed by atoms with Crippen LogP contribution >= 0.6 is 27.5 Å². The molecule has 76 valence electrons. The molecule has 1 heterocycles. The van der Waals surface area contributed by atoms with E-state index in [-0.39, 0.29) is 4.83 Å². The van der Waals surface area contributed by atoms with E-state index < -0.39 is 5.97 Å². The highest BCUT2D eigenvalue weighted by Crippen LogP contribution is 2.30. The monoisotopic (exact) mass is 277 g/mol. The second-order valence-electron chi connectivity index (χ2n) is 2.67. The van der Waals surface area contributed by atoms with Crippen molar-refractivity contribution in [2.24, 2.45) is 0 Å². The van der Waals surface area contributed by atoms with Crippen LogP contribution in [0.15, 0.2) is 12.3 Å². The summed E-state index contributed by atoms with van der Waals surface area (Å²) >= 11 is 9.23. The van der Waals surface area contributed by atoms with Crippen LogP contribution in [0.4, 0.5) is 0 Å². The lowest BCUT2D eigenvalue weighted by atomic mass is 10.1. The number of ether oxygens (including phenoxy) is 1. The van der Waals surface area contributed by atoms with Crippen molar-refractivity contribution in [1.82, 2.24) is 4.98 Å². The van der Waals surface area contributed by atoms with Crippen LogP contribution in [0.2, 0.25) is 5.15 Å². The number of esters is 1. The van der Waals surface area contributed by atoms with Gasteiger partial charge in [-0.15, -0.1) is 0 Å². The minimum absolute atomic E-state index is 0.0437. The molecule has 0 N–H and O–H groups in total. The van der Waals surface area contributed by atoms with Gasteiger partial charge in [0.15, 0.2) is 0 Å². The molecule has 1 aromatic rings. The number of hydrogen-bond acceptors (Lipinski definition) is 3. The van der Waals surface area contributed by atoms with Crippen molar-refractivity contribution in [2.45, 2.75) is 11.8 Å². The van der Waals surface area contributed by atoms with Crippen LogP contribution in [0.1, 0.15) is 27.7 Å². The van der Waals surface area contributed by atoms with Gasteiger partial charge in [-0.2, -0.15) is 0 Å². The van der Waals surface area contributed by atoms with E-state index in [9.17, 15) is 4.79 Å². The highest BCUT2D eigenvalue weighted by Gasteiger charge is 2.18. The smallest absolute Gasteiger partial charge is 0.338 e. The Morgan fingerprint density at radius 1 is 1.71 bits per heavy atom. The minimum Gasteiger partial charge on any atom is -0.465 e. The van der Waals surface area contributed by atoms with Crippen molar-refractivity contribution in [2.75, 3.05) is 7.11 Å². The van der Waals surface area contributed by atoms with Gasteiger partial charge in [-0.05, 0) is 13.0 Å². The van der Waals surface area contributed by atoms with E-state index in [0.717, 1.165) is 0 Å². The fourth-order valence-electron chi connectivity index (χ4n) is 1.11. The maximum absolute atomic E-state index is 11.4. The zero-order valence-corrected chi connectivity index (χ0v) is 10.1. The Morgan fingerprint density at radius 2 is 2.36 bits per heavy atom. The fourth-order valence-corrected chi connectivity index (χ4v) is 2.03. The summed E-state index contributed by atoms with van der Waals surface area (Å²) in [5, 5.41) is 0.317. The van der Waals surface area contributed by atoms with Crippen molar-refractivity contribution >= 4 is 33.5 Å². The Morgan fingerprint density at radius 3 is 2.86 bits per heavy atom. The third kappa shape index (κ3) is 2.25. The van der Waals surface area contributed by atoms with Crippen LogP contribution in [0.3, 0.4) is 0 Å². The Hall–Kier alpha value is -0.610. The summed E-state index contributed by atoms with van der Waals surface area (Å²) in [5.74, 6) is -0.407. The summed E-state index contributed by atoms with van der Waals surface area (Å²) in [7, 11) is 1.33. The predicted octanol–water partition coefficient (Wildman–Crippen LogP) is 2.98. The number of methoxy groups -OCH3 is 1. The molecule has 0 aromatic carbocycles. The molecule has 0 bridgehead atoms. The Balaban J connectivity index is 3.28. The van der Waals surface area contributed by atoms with Crippen LogP contribution < -0.4 is 0 Å². The summed E-state index contributed by atoms with van der Waals surface area (Å²) in [4.78, 5) is 15.2. The molecule has 1 atom stereocenters. The molecule has 0 aliphatic carbocycles. The summed E-state index contributed by atoms with van der Waals surface area (Å²) in [6.07, 6.45) is 1.48. The maximum atomic E-state index is 11.4. The molecular formula is C9H9BrClNO2. The third-order valence-electron chi connectivity index (χ3n) is 1.74. The van der Waals surface area contributed by atoms with Gasteiger partial charge in [-0.1, -0.05) is 27.5 Å². The van der Waals surface area contributed by atoms with Crippen molar-refractivity contribution in [3.8, 4) is 0 Å². The van der Waals surface area contributed by atoms with Gasteiger partial charge in [0.05, 0.1) is 12.7 Å². The van der Waals surface area contributed by atoms with E-state index in [0.29, 0.717) is 16.3 Å². The first-order valence-electron chi connectivity index (χ1n) is 3.94. The minimum atomic E-state index is -0.407. The summed E-state index contributed by atoms with van der Waals surface area (Å²) in [6.45, 7) is 1.87. The van der Waals surface area contributed by atoms with Crippen molar-refractivity contribution in [3.05, 3.63) is 28.5 Å². The van der Waals surface area contributed by atoms with Crippen LogP contribution in [0, 0.1) is 0 Å². The zero-order chi connectivity index (χ0) is 10.7. The van der Waals surface area contributed by atoms with Gasteiger partial charge >= 0.3 is 5.97 Å². The summed E-state index contributed by atoms with van der Waals surface area (Å²) in [5.41, 5.74) is 1.10. The molecule has 0 aliphatic heterocycles. The molecular weight excluding hydrogens is 269 g/mol. The highest BCUT2D eigenvalue weighted by atomic mass is 79.9. The van der Waals surface area contributed by atoms with Gasteiger partial charge in [0, 0.05) is 16.6 Å². The molecule has 0 fully saturated rings. The Labute approximate surface area is 95.6 Å². The largest absolute Gasteiger partial charge is 0.465 e. The molecule has 0 saturated heterocycles. The maximum Gasteiger partial charge on any atom is 0.338 e. The van der Waals surface area contributed by atoms with Gasteiger partial charge in [-0.3, -0.25) is 0 Å². The second kappa shape index (κ2) is 4.75. The molecule has 14 heavy (non-hydrogen) atoms. The first kappa shape index (κ1) is 11.5. The van der Waals surface area contributed by atoms with Crippen LogP contribution in [-0.2, 0) is 4.74 Å². The van der Waals surface area contributed by atoms with Crippen molar-refractivity contribution in [1.29, 1.82) is 0 Å². The quantitative estimate of drug-likeness (QED) is 0.474. The lowest BCUT2D eigenvalue weighted by Crippen LogP contribution is -2.07. The highest BCUT2D eigenvalue weighted by molar-refractivity contribution is 9.09. The third-order valence-corrected chi connectivity index (χ3v) is 2.50. The standard InChI is InChI=1S/C9H9BrClNO2/c1-5(10)7-6(9(13)14-2)3-4-12-8(7)11/h3-5H,1-2H3. The molecule has 1 unspecified atom stereocenters. The number of alkyl halides is 1. The van der Waals surface area contributed by atoms with E-state index in [1.54, 1.807) is 6.07 Å². The first-order chi connectivity index (χ1) is 6.57. The molecule has 3 nitrogen and oxygen atoms in total. The molecule has 0 radical (unpaired) electrons. The molecule has 0 aliphatic rings. The molecule has 1 rings (SSSR count). The number of carbonyl (C=O) groups excluding carboxylic acids is 1. The lowest BCUT2D eigenvalue weighted by Gasteiger charge is -2.10. The normalized spacial score (nSPS) is 12.3. The zero-order valence-electron chi connectivity index (χ0n) is 7.75. The number of rotatable bonds is 2. The van der Waals surface area contributed by atoms with Gasteiger partial charge in [0.25, 0.3) is 0 Å². The number of hydrogen-bond donors (Lipinski definition) is 0. The van der Waals surface area contributed by atoms with Crippen molar-refractivity contribution in [3.63, 3.8) is 0 Å².